The number of aromatic nitrogens is 2. The minimum absolute atomic E-state index is 0.0394. The predicted octanol–water partition coefficient (Wildman–Crippen LogP) is 7.48. The van der Waals surface area contributed by atoms with Crippen LogP contribution in [0.15, 0.2) is 82.8 Å². The number of aryl methyl sites for hydroxylation is 4. The number of nitrogens with zero attached hydrogens (tertiary/aromatic N) is 2. The van der Waals surface area contributed by atoms with E-state index in [9.17, 15) is 19.5 Å². The van der Waals surface area contributed by atoms with Crippen LogP contribution in [-0.4, -0.2) is 45.3 Å². The smallest absolute Gasteiger partial charge is 0.326 e. The lowest BCUT2D eigenvalue weighted by molar-refractivity contribution is -0.139. The highest BCUT2D eigenvalue weighted by Crippen LogP contribution is 2.42. The summed E-state index contributed by atoms with van der Waals surface area (Å²) in [6, 6.07) is 21.1. The van der Waals surface area contributed by atoms with Gasteiger partial charge in [-0.2, -0.15) is 5.10 Å². The van der Waals surface area contributed by atoms with E-state index in [2.05, 4.69) is 27.9 Å². The number of halogens is 1. The molecule has 10 nitrogen and oxygen atoms in total. The van der Waals surface area contributed by atoms with Crippen LogP contribution in [-0.2, 0) is 36.0 Å². The topological polar surface area (TPSA) is 136 Å². The summed E-state index contributed by atoms with van der Waals surface area (Å²) in [7, 11) is 1.93. The molecule has 0 radical (unpaired) electrons. The fourth-order valence-corrected chi connectivity index (χ4v) is 7.09. The number of amides is 2. The van der Waals surface area contributed by atoms with Crippen LogP contribution in [0.1, 0.15) is 68.4 Å². The van der Waals surface area contributed by atoms with E-state index in [1.165, 1.54) is 6.07 Å². The van der Waals surface area contributed by atoms with Crippen molar-refractivity contribution in [2.45, 2.75) is 66.0 Å². The molecule has 0 aliphatic heterocycles. The zero-order valence-electron chi connectivity index (χ0n) is 30.5. The first kappa shape index (κ1) is 37.2. The molecule has 1 aliphatic carbocycles. The third-order valence-corrected chi connectivity index (χ3v) is 10.3. The highest BCUT2D eigenvalue weighted by molar-refractivity contribution is 6.32. The Morgan fingerprint density at radius 1 is 0.962 bits per heavy atom. The minimum Gasteiger partial charge on any atom is -0.494 e. The largest absolute Gasteiger partial charge is 0.494 e. The van der Waals surface area contributed by atoms with Crippen molar-refractivity contribution in [1.29, 1.82) is 0 Å². The summed E-state index contributed by atoms with van der Waals surface area (Å²) < 4.78 is 13.8. The monoisotopic (exact) mass is 734 g/mol. The van der Waals surface area contributed by atoms with Gasteiger partial charge in [-0.05, 0) is 104 Å². The molecule has 0 saturated heterocycles. The van der Waals surface area contributed by atoms with Gasteiger partial charge in [0.1, 0.15) is 17.6 Å². The SMILES string of the molecule is Cc1cc(OCCCC2=C(C(=O)NCc3ccc(C(=O)N[C@@H](Cc4ccccc4)C(=O)O)o3)Cc3c2cccc3-c2c(C)nn(C)c2C)cc(C)c1Cl. The second kappa shape index (κ2) is 16.0. The summed E-state index contributed by atoms with van der Waals surface area (Å²) in [6.45, 7) is 8.46. The normalized spacial score (nSPS) is 12.8. The molecule has 0 spiro atoms. The van der Waals surface area contributed by atoms with Gasteiger partial charge in [-0.15, -0.1) is 0 Å². The van der Waals surface area contributed by atoms with Crippen molar-refractivity contribution in [3.8, 4) is 16.9 Å². The van der Waals surface area contributed by atoms with Crippen molar-refractivity contribution in [2.24, 2.45) is 7.05 Å². The number of benzene rings is 3. The number of aliphatic carboxylic acids is 1. The van der Waals surface area contributed by atoms with Gasteiger partial charge in [0.25, 0.3) is 5.91 Å². The van der Waals surface area contributed by atoms with E-state index in [-0.39, 0.29) is 24.6 Å². The lowest BCUT2D eigenvalue weighted by Crippen LogP contribution is -2.42. The first-order chi connectivity index (χ1) is 25.4. The molecule has 1 aliphatic rings. The van der Waals surface area contributed by atoms with Crippen LogP contribution >= 0.6 is 11.6 Å². The second-order valence-electron chi connectivity index (χ2n) is 13.5. The molecule has 1 atom stereocenters. The summed E-state index contributed by atoms with van der Waals surface area (Å²) in [6.07, 6.45) is 1.87. The maximum atomic E-state index is 14.0. The lowest BCUT2D eigenvalue weighted by atomic mass is 9.93. The molecule has 3 aromatic carbocycles. The van der Waals surface area contributed by atoms with Crippen LogP contribution in [0, 0.1) is 27.7 Å². The second-order valence-corrected chi connectivity index (χ2v) is 13.8. The first-order valence-electron chi connectivity index (χ1n) is 17.6. The Kier molecular flexibility index (Phi) is 11.2. The van der Waals surface area contributed by atoms with Gasteiger partial charge in [0, 0.05) is 41.7 Å². The first-order valence-corrected chi connectivity index (χ1v) is 18.0. The molecule has 5 aromatic rings. The van der Waals surface area contributed by atoms with Crippen LogP contribution in [0.5, 0.6) is 5.75 Å². The van der Waals surface area contributed by atoms with Crippen molar-refractivity contribution in [3.63, 3.8) is 0 Å². The number of carboxylic acids is 1. The van der Waals surface area contributed by atoms with E-state index in [1.807, 2.05) is 75.8 Å². The Morgan fingerprint density at radius 2 is 1.68 bits per heavy atom. The molecule has 11 heteroatoms. The Balaban J connectivity index is 1.17. The number of carboxylic acid groups (broad SMARTS) is 1. The molecule has 2 heterocycles. The molecule has 0 fully saturated rings. The standard InChI is InChI=1S/C42H43ClN4O6/c1-24-19-30(20-25(2)39(24)43)52-18-10-15-32-31-13-9-14-33(38-26(3)46-47(5)27(38)4)34(31)22-35(32)40(48)44-23-29-16-17-37(53-29)41(49)45-36(42(50)51)21-28-11-7-6-8-12-28/h6-9,11-14,16-17,19-20,36H,10,15,18,21-23H2,1-5H3,(H,44,48)(H,45,49)(H,50,51)/t36-/m0/s1. The Bertz CT molecular complexity index is 2190. The third kappa shape index (κ3) is 8.23. The zero-order chi connectivity index (χ0) is 37.8. The number of allylic oxidation sites excluding steroid dienone is 1. The Morgan fingerprint density at radius 3 is 2.36 bits per heavy atom. The number of carbonyl (C=O) groups is 3. The molecule has 6 rings (SSSR count). The molecule has 2 amide bonds. The molecule has 2 aromatic heterocycles. The lowest BCUT2D eigenvalue weighted by Gasteiger charge is -2.13. The fourth-order valence-electron chi connectivity index (χ4n) is 6.98. The summed E-state index contributed by atoms with van der Waals surface area (Å²) in [4.78, 5) is 38.8. The quantitative estimate of drug-likeness (QED) is 0.101. The van der Waals surface area contributed by atoms with Gasteiger partial charge >= 0.3 is 5.97 Å². The number of carbonyl (C=O) groups excluding carboxylic acids is 2. The molecule has 3 N–H and O–H groups in total. The van der Waals surface area contributed by atoms with Crippen molar-refractivity contribution >= 4 is 35.0 Å². The van der Waals surface area contributed by atoms with Crippen molar-refractivity contribution < 1.29 is 28.6 Å². The van der Waals surface area contributed by atoms with Crippen LogP contribution in [0.4, 0.5) is 0 Å². The van der Waals surface area contributed by atoms with Crippen LogP contribution in [0.25, 0.3) is 16.7 Å². The summed E-state index contributed by atoms with van der Waals surface area (Å²) in [5.41, 5.74) is 10.5. The third-order valence-electron chi connectivity index (χ3n) is 9.72. The van der Waals surface area contributed by atoms with Gasteiger partial charge in [0.15, 0.2) is 5.76 Å². The van der Waals surface area contributed by atoms with E-state index in [4.69, 9.17) is 20.8 Å². The van der Waals surface area contributed by atoms with Crippen molar-refractivity contribution in [2.75, 3.05) is 6.61 Å². The molecule has 53 heavy (non-hydrogen) atoms. The molecule has 274 valence electrons. The summed E-state index contributed by atoms with van der Waals surface area (Å²) >= 11 is 6.35. The number of nitrogens with one attached hydrogen (secondary N) is 2. The summed E-state index contributed by atoms with van der Waals surface area (Å²) in [5.74, 6) is -0.958. The van der Waals surface area contributed by atoms with Crippen molar-refractivity contribution in [1.82, 2.24) is 20.4 Å². The average Bonchev–Trinajstić information content (AvgIpc) is 3.83. The Hall–Kier alpha value is -5.61. The molecule has 0 saturated carbocycles. The van der Waals surface area contributed by atoms with Gasteiger partial charge in [-0.1, -0.05) is 60.1 Å². The number of hydrogen-bond acceptors (Lipinski definition) is 6. The highest BCUT2D eigenvalue weighted by atomic mass is 35.5. The van der Waals surface area contributed by atoms with E-state index >= 15 is 0 Å². The van der Waals surface area contributed by atoms with E-state index in [0.29, 0.717) is 37.2 Å². The number of fused-ring (bicyclic) bond motifs is 1. The van der Waals surface area contributed by atoms with Gasteiger partial charge in [0.2, 0.25) is 5.91 Å². The van der Waals surface area contributed by atoms with E-state index in [0.717, 1.165) is 66.7 Å². The average molecular weight is 735 g/mol. The fraction of sp³-hybridized carbons (Fsp3) is 0.286. The van der Waals surface area contributed by atoms with Gasteiger partial charge in [0.05, 0.1) is 18.8 Å². The van der Waals surface area contributed by atoms with Crippen LogP contribution in [0.2, 0.25) is 5.02 Å². The van der Waals surface area contributed by atoms with Gasteiger partial charge in [-0.3, -0.25) is 14.3 Å². The molecular formula is C42H43ClN4O6. The van der Waals surface area contributed by atoms with E-state index < -0.39 is 17.9 Å². The molecule has 0 unspecified atom stereocenters. The van der Waals surface area contributed by atoms with Crippen LogP contribution in [0.3, 0.4) is 0 Å². The van der Waals surface area contributed by atoms with Gasteiger partial charge in [-0.25, -0.2) is 4.79 Å². The molecule has 0 bridgehead atoms. The summed E-state index contributed by atoms with van der Waals surface area (Å²) in [5, 5.41) is 20.6. The molecular weight excluding hydrogens is 692 g/mol. The maximum absolute atomic E-state index is 14.0. The van der Waals surface area contributed by atoms with E-state index in [1.54, 1.807) is 18.2 Å². The number of ether oxygens (including phenoxy) is 1. The number of hydrogen-bond donors (Lipinski definition) is 3. The van der Waals surface area contributed by atoms with Gasteiger partial charge < -0.3 is 24.9 Å². The van der Waals surface area contributed by atoms with Crippen molar-refractivity contribution in [3.05, 3.63) is 134 Å². The van der Waals surface area contributed by atoms with Crippen LogP contribution < -0.4 is 15.4 Å². The number of furan rings is 1. The Labute approximate surface area is 313 Å². The minimum atomic E-state index is -1.15. The maximum Gasteiger partial charge on any atom is 0.326 e. The predicted molar refractivity (Wildman–Crippen MR) is 204 cm³/mol. The zero-order valence-corrected chi connectivity index (χ0v) is 31.3. The highest BCUT2D eigenvalue weighted by Gasteiger charge is 2.30. The number of rotatable bonds is 14.